The van der Waals surface area contributed by atoms with E-state index in [1.54, 1.807) is 19.5 Å². The third kappa shape index (κ3) is 3.45. The highest BCUT2D eigenvalue weighted by Crippen LogP contribution is 2.39. The molecule has 3 aromatic heterocycles. The number of fused-ring (bicyclic) bond motifs is 1. The van der Waals surface area contributed by atoms with Gasteiger partial charge >= 0.3 is 0 Å². The fourth-order valence-corrected chi connectivity index (χ4v) is 4.62. The normalized spacial score (nSPS) is 18.6. The molecule has 0 unspecified atom stereocenters. The SMILES string of the molecule is COCc1nccc2c(N3CCC4(CCNC4)CC3)nc(-c3ccncc3)nc12. The molecular formula is C22H26N6O. The average Bonchev–Trinajstić information content (AvgIpc) is 3.23. The topological polar surface area (TPSA) is 76.1 Å². The Balaban J connectivity index is 1.59. The summed E-state index contributed by atoms with van der Waals surface area (Å²) in [5, 5.41) is 4.59. The Kier molecular flexibility index (Phi) is 4.85. The van der Waals surface area contributed by atoms with Crippen LogP contribution in [0.2, 0.25) is 0 Å². The lowest BCUT2D eigenvalue weighted by Gasteiger charge is -2.39. The van der Waals surface area contributed by atoms with E-state index >= 15 is 0 Å². The molecule has 7 heteroatoms. The van der Waals surface area contributed by atoms with Gasteiger partial charge in [-0.25, -0.2) is 9.97 Å². The number of rotatable bonds is 4. The van der Waals surface area contributed by atoms with Crippen LogP contribution in [0.5, 0.6) is 0 Å². The van der Waals surface area contributed by atoms with Crippen LogP contribution in [-0.2, 0) is 11.3 Å². The zero-order chi connectivity index (χ0) is 19.7. The second-order valence-electron chi connectivity index (χ2n) is 8.11. The molecule has 0 bridgehead atoms. The van der Waals surface area contributed by atoms with E-state index in [9.17, 15) is 0 Å². The molecule has 1 spiro atoms. The van der Waals surface area contributed by atoms with Gasteiger partial charge < -0.3 is 15.0 Å². The Bertz CT molecular complexity index is 993. The maximum absolute atomic E-state index is 5.38. The van der Waals surface area contributed by atoms with Crippen molar-refractivity contribution >= 4 is 16.7 Å². The van der Waals surface area contributed by atoms with E-state index in [1.165, 1.54) is 19.3 Å². The highest BCUT2D eigenvalue weighted by atomic mass is 16.5. The maximum atomic E-state index is 5.38. The van der Waals surface area contributed by atoms with E-state index in [0.717, 1.165) is 54.2 Å². The lowest BCUT2D eigenvalue weighted by molar-refractivity contribution is 0.182. The second kappa shape index (κ2) is 7.65. The minimum Gasteiger partial charge on any atom is -0.378 e. The zero-order valence-electron chi connectivity index (χ0n) is 16.8. The third-order valence-electron chi connectivity index (χ3n) is 6.35. The van der Waals surface area contributed by atoms with Gasteiger partial charge in [-0.05, 0) is 49.4 Å². The molecule has 5 heterocycles. The molecule has 150 valence electrons. The summed E-state index contributed by atoms with van der Waals surface area (Å²) in [7, 11) is 1.69. The first kappa shape index (κ1) is 18.4. The van der Waals surface area contributed by atoms with Crippen molar-refractivity contribution < 1.29 is 4.74 Å². The number of methoxy groups -OCH3 is 1. The van der Waals surface area contributed by atoms with E-state index in [1.807, 2.05) is 24.4 Å². The first-order valence-corrected chi connectivity index (χ1v) is 10.3. The van der Waals surface area contributed by atoms with Crippen molar-refractivity contribution in [3.63, 3.8) is 0 Å². The number of nitrogens with zero attached hydrogens (tertiary/aromatic N) is 5. The van der Waals surface area contributed by atoms with Crippen LogP contribution in [0.15, 0.2) is 36.8 Å². The standard InChI is InChI=1S/C22H26N6O/c1-29-14-18-19-17(4-10-25-18)21(27-20(26-19)16-2-8-23-9-3-16)28-12-6-22(7-13-28)5-11-24-15-22/h2-4,8-10,24H,5-7,11-15H2,1H3. The Labute approximate surface area is 170 Å². The minimum atomic E-state index is 0.429. The molecule has 2 saturated heterocycles. The number of anilines is 1. The number of aromatic nitrogens is 4. The van der Waals surface area contributed by atoms with Crippen LogP contribution in [0.25, 0.3) is 22.3 Å². The second-order valence-corrected chi connectivity index (χ2v) is 8.11. The fourth-order valence-electron chi connectivity index (χ4n) is 4.62. The molecule has 2 aliphatic heterocycles. The summed E-state index contributed by atoms with van der Waals surface area (Å²) in [4.78, 5) is 21.0. The summed E-state index contributed by atoms with van der Waals surface area (Å²) in [5.41, 5.74) is 3.14. The molecule has 1 N–H and O–H groups in total. The Morgan fingerprint density at radius 1 is 1.07 bits per heavy atom. The first-order valence-electron chi connectivity index (χ1n) is 10.3. The smallest absolute Gasteiger partial charge is 0.162 e. The molecule has 0 radical (unpaired) electrons. The minimum absolute atomic E-state index is 0.429. The van der Waals surface area contributed by atoms with Gasteiger partial charge in [0.25, 0.3) is 0 Å². The summed E-state index contributed by atoms with van der Waals surface area (Å²) in [6, 6.07) is 5.93. The largest absolute Gasteiger partial charge is 0.378 e. The Morgan fingerprint density at radius 3 is 2.62 bits per heavy atom. The van der Waals surface area contributed by atoms with Gasteiger partial charge in [-0.15, -0.1) is 0 Å². The summed E-state index contributed by atoms with van der Waals surface area (Å²) < 4.78 is 5.38. The van der Waals surface area contributed by atoms with Crippen LogP contribution in [0.1, 0.15) is 25.0 Å². The van der Waals surface area contributed by atoms with Gasteiger partial charge in [-0.2, -0.15) is 0 Å². The number of pyridine rings is 2. The van der Waals surface area contributed by atoms with Gasteiger partial charge in [0.2, 0.25) is 0 Å². The molecular weight excluding hydrogens is 364 g/mol. The average molecular weight is 390 g/mol. The van der Waals surface area contributed by atoms with Gasteiger partial charge in [0.15, 0.2) is 5.82 Å². The van der Waals surface area contributed by atoms with E-state index in [-0.39, 0.29) is 0 Å². The van der Waals surface area contributed by atoms with Gasteiger partial charge in [-0.3, -0.25) is 9.97 Å². The quantitative estimate of drug-likeness (QED) is 0.734. The van der Waals surface area contributed by atoms with Crippen molar-refractivity contribution in [2.75, 3.05) is 38.2 Å². The summed E-state index contributed by atoms with van der Waals surface area (Å²) in [6.45, 7) is 4.76. The predicted molar refractivity (Wildman–Crippen MR) is 113 cm³/mol. The maximum Gasteiger partial charge on any atom is 0.162 e. The van der Waals surface area contributed by atoms with Crippen LogP contribution < -0.4 is 10.2 Å². The molecule has 0 aromatic carbocycles. The van der Waals surface area contributed by atoms with Crippen molar-refractivity contribution in [2.24, 2.45) is 5.41 Å². The van der Waals surface area contributed by atoms with Crippen molar-refractivity contribution in [3.05, 3.63) is 42.5 Å². The third-order valence-corrected chi connectivity index (χ3v) is 6.35. The molecule has 0 aliphatic carbocycles. The monoisotopic (exact) mass is 390 g/mol. The highest BCUT2D eigenvalue weighted by Gasteiger charge is 2.37. The molecule has 7 nitrogen and oxygen atoms in total. The molecule has 0 amide bonds. The summed E-state index contributed by atoms with van der Waals surface area (Å²) in [5.74, 6) is 1.71. The van der Waals surface area contributed by atoms with Crippen molar-refractivity contribution in [1.29, 1.82) is 0 Å². The van der Waals surface area contributed by atoms with Gasteiger partial charge in [0.05, 0.1) is 12.3 Å². The van der Waals surface area contributed by atoms with Crippen LogP contribution in [0.4, 0.5) is 5.82 Å². The lowest BCUT2D eigenvalue weighted by Crippen LogP contribution is -2.41. The van der Waals surface area contributed by atoms with Gasteiger partial charge in [0, 0.05) is 56.3 Å². The first-order chi connectivity index (χ1) is 14.3. The Hall–Kier alpha value is -2.64. The van der Waals surface area contributed by atoms with E-state index in [2.05, 4.69) is 20.2 Å². The number of hydrogen-bond donors (Lipinski definition) is 1. The van der Waals surface area contributed by atoms with Crippen LogP contribution >= 0.6 is 0 Å². The molecule has 3 aromatic rings. The van der Waals surface area contributed by atoms with Crippen molar-refractivity contribution in [1.82, 2.24) is 25.3 Å². The highest BCUT2D eigenvalue weighted by molar-refractivity contribution is 5.92. The van der Waals surface area contributed by atoms with E-state index in [0.29, 0.717) is 17.8 Å². The van der Waals surface area contributed by atoms with Crippen LogP contribution in [-0.4, -0.2) is 53.2 Å². The van der Waals surface area contributed by atoms with Crippen LogP contribution in [0.3, 0.4) is 0 Å². The molecule has 2 aliphatic rings. The number of ether oxygens (including phenoxy) is 1. The summed E-state index contributed by atoms with van der Waals surface area (Å²) >= 11 is 0. The van der Waals surface area contributed by atoms with E-state index < -0.39 is 0 Å². The molecule has 0 saturated carbocycles. The molecule has 29 heavy (non-hydrogen) atoms. The molecule has 0 atom stereocenters. The van der Waals surface area contributed by atoms with Gasteiger partial charge in [-0.1, -0.05) is 0 Å². The molecule has 2 fully saturated rings. The van der Waals surface area contributed by atoms with E-state index in [4.69, 9.17) is 14.7 Å². The van der Waals surface area contributed by atoms with Crippen LogP contribution in [0, 0.1) is 5.41 Å². The fraction of sp³-hybridized carbons (Fsp3) is 0.455. The van der Waals surface area contributed by atoms with Crippen molar-refractivity contribution in [3.8, 4) is 11.4 Å². The predicted octanol–water partition coefficient (Wildman–Crippen LogP) is 2.81. The zero-order valence-corrected chi connectivity index (χ0v) is 16.8. The molecule has 5 rings (SSSR count). The Morgan fingerprint density at radius 2 is 1.90 bits per heavy atom. The van der Waals surface area contributed by atoms with Gasteiger partial charge in [0.1, 0.15) is 11.3 Å². The van der Waals surface area contributed by atoms with Crippen molar-refractivity contribution in [2.45, 2.75) is 25.9 Å². The summed E-state index contributed by atoms with van der Waals surface area (Å²) in [6.07, 6.45) is 9.08. The number of nitrogens with one attached hydrogen (secondary N) is 1. The lowest BCUT2D eigenvalue weighted by atomic mass is 9.78. The number of piperidine rings is 1. The number of hydrogen-bond acceptors (Lipinski definition) is 7.